The van der Waals surface area contributed by atoms with Gasteiger partial charge in [0.1, 0.15) is 6.61 Å². The van der Waals surface area contributed by atoms with Crippen LogP contribution in [-0.2, 0) is 4.74 Å². The van der Waals surface area contributed by atoms with Gasteiger partial charge in [0.25, 0.3) is 0 Å². The molecule has 0 bridgehead atoms. The van der Waals surface area contributed by atoms with Gasteiger partial charge in [-0.3, -0.25) is 0 Å². The van der Waals surface area contributed by atoms with Crippen molar-refractivity contribution in [3.8, 4) is 0 Å². The molecule has 4 nitrogen and oxygen atoms in total. The van der Waals surface area contributed by atoms with Crippen LogP contribution in [0.5, 0.6) is 0 Å². The lowest BCUT2D eigenvalue weighted by atomic mass is 10.2. The van der Waals surface area contributed by atoms with Gasteiger partial charge in [-0.15, -0.1) is 11.8 Å². The highest BCUT2D eigenvalue weighted by Gasteiger charge is 2.23. The molecule has 0 aromatic heterocycles. The Balaban J connectivity index is 3.14. The second kappa shape index (κ2) is 6.99. The molecule has 0 saturated carbocycles. The number of ether oxygens (including phenoxy) is 1. The standard InChI is InChI=1S/C15H24N2O2S/c1-11(2)12-9-14(20-15(3,4)5)13(19-8-7-18)10-17(12)16-6/h9-10,18H,6-8H2,1-5H3. The van der Waals surface area contributed by atoms with Gasteiger partial charge in [-0.05, 0) is 19.9 Å². The second-order valence-electron chi connectivity index (χ2n) is 5.66. The highest BCUT2D eigenvalue weighted by atomic mass is 32.2. The van der Waals surface area contributed by atoms with Crippen LogP contribution < -0.4 is 0 Å². The van der Waals surface area contributed by atoms with Crippen molar-refractivity contribution < 1.29 is 9.84 Å². The van der Waals surface area contributed by atoms with Crippen LogP contribution in [0.3, 0.4) is 0 Å². The molecule has 0 saturated heterocycles. The molecule has 0 atom stereocenters. The van der Waals surface area contributed by atoms with Crippen LogP contribution in [0.25, 0.3) is 0 Å². The van der Waals surface area contributed by atoms with Gasteiger partial charge in [-0.2, -0.15) is 5.10 Å². The monoisotopic (exact) mass is 296 g/mol. The highest BCUT2D eigenvalue weighted by molar-refractivity contribution is 8.04. The highest BCUT2D eigenvalue weighted by Crippen LogP contribution is 2.39. The molecule has 1 aliphatic heterocycles. The first-order valence-corrected chi connectivity index (χ1v) is 7.40. The first-order valence-electron chi connectivity index (χ1n) is 6.58. The number of thioether (sulfide) groups is 1. The lowest BCUT2D eigenvalue weighted by molar-refractivity contribution is 0.147. The molecule has 0 unspecified atom stereocenters. The van der Waals surface area contributed by atoms with Crippen molar-refractivity contribution in [3.05, 3.63) is 34.2 Å². The van der Waals surface area contributed by atoms with E-state index in [-0.39, 0.29) is 18.0 Å². The van der Waals surface area contributed by atoms with Gasteiger partial charge in [0, 0.05) is 11.5 Å². The van der Waals surface area contributed by atoms with E-state index in [4.69, 9.17) is 9.84 Å². The molecule has 0 spiro atoms. The third-order valence-corrected chi connectivity index (χ3v) is 3.58. The largest absolute Gasteiger partial charge is 0.488 e. The molecule has 5 heteroatoms. The molecule has 1 N–H and O–H groups in total. The third kappa shape index (κ3) is 4.72. The fourth-order valence-electron chi connectivity index (χ4n) is 1.67. The number of hydrazone groups is 1. The SMILES string of the molecule is C=NN1C=C(OCCO)C(SC(C)(C)C)=CC1=C(C)C. The first-order chi connectivity index (χ1) is 9.28. The number of hydrogen-bond acceptors (Lipinski definition) is 5. The average molecular weight is 296 g/mol. The van der Waals surface area contributed by atoms with Crippen LogP contribution in [0.4, 0.5) is 0 Å². The molecule has 0 aliphatic carbocycles. The minimum absolute atomic E-state index is 0.0121. The van der Waals surface area contributed by atoms with Crippen LogP contribution in [0.1, 0.15) is 34.6 Å². The van der Waals surface area contributed by atoms with Crippen molar-refractivity contribution in [1.29, 1.82) is 0 Å². The van der Waals surface area contributed by atoms with Crippen molar-refractivity contribution in [1.82, 2.24) is 5.01 Å². The summed E-state index contributed by atoms with van der Waals surface area (Å²) in [6.07, 6.45) is 3.88. The van der Waals surface area contributed by atoms with Crippen molar-refractivity contribution in [2.24, 2.45) is 5.10 Å². The molecular formula is C15H24N2O2S. The fraction of sp³-hybridized carbons (Fsp3) is 0.533. The Bertz CT molecular complexity index is 455. The normalized spacial score (nSPS) is 15.7. The molecule has 1 aliphatic rings. The zero-order valence-electron chi connectivity index (χ0n) is 12.9. The molecule has 112 valence electrons. The molecule has 0 aromatic rings. The van der Waals surface area contributed by atoms with Crippen LogP contribution >= 0.6 is 11.8 Å². The first kappa shape index (κ1) is 16.9. The Hall–Kier alpha value is -1.20. The van der Waals surface area contributed by atoms with Crippen molar-refractivity contribution >= 4 is 18.5 Å². The summed E-state index contributed by atoms with van der Waals surface area (Å²) in [6, 6.07) is 0. The zero-order chi connectivity index (χ0) is 15.3. The van der Waals surface area contributed by atoms with Gasteiger partial charge in [0.05, 0.1) is 23.4 Å². The van der Waals surface area contributed by atoms with Gasteiger partial charge in [0.15, 0.2) is 5.76 Å². The number of aliphatic hydroxyl groups is 1. The predicted molar refractivity (Wildman–Crippen MR) is 86.3 cm³/mol. The average Bonchev–Trinajstić information content (AvgIpc) is 2.34. The van der Waals surface area contributed by atoms with Gasteiger partial charge in [-0.1, -0.05) is 26.3 Å². The Kier molecular flexibility index (Phi) is 5.89. The van der Waals surface area contributed by atoms with Crippen LogP contribution in [-0.4, -0.2) is 34.8 Å². The van der Waals surface area contributed by atoms with E-state index in [2.05, 4.69) is 38.7 Å². The summed E-state index contributed by atoms with van der Waals surface area (Å²) in [5, 5.41) is 14.6. The summed E-state index contributed by atoms with van der Waals surface area (Å²) in [5.41, 5.74) is 2.16. The number of aliphatic hydroxyl groups excluding tert-OH is 1. The molecule has 1 heterocycles. The quantitative estimate of drug-likeness (QED) is 0.789. The number of rotatable bonds is 5. The molecular weight excluding hydrogens is 272 g/mol. The minimum atomic E-state index is -0.0121. The number of allylic oxidation sites excluding steroid dienone is 2. The number of nitrogens with zero attached hydrogens (tertiary/aromatic N) is 2. The van der Waals surface area contributed by atoms with Crippen LogP contribution in [0, 0.1) is 0 Å². The summed E-state index contributed by atoms with van der Waals surface area (Å²) in [4.78, 5) is 1.04. The topological polar surface area (TPSA) is 45.1 Å². The maximum atomic E-state index is 8.94. The molecule has 0 aromatic carbocycles. The molecule has 1 rings (SSSR count). The van der Waals surface area contributed by atoms with Gasteiger partial charge in [-0.25, -0.2) is 5.01 Å². The van der Waals surface area contributed by atoms with Gasteiger partial charge >= 0.3 is 0 Å². The van der Waals surface area contributed by atoms with E-state index in [1.54, 1.807) is 16.8 Å². The Morgan fingerprint density at radius 1 is 1.45 bits per heavy atom. The maximum Gasteiger partial charge on any atom is 0.151 e. The van der Waals surface area contributed by atoms with Crippen molar-refractivity contribution in [2.45, 2.75) is 39.4 Å². The van der Waals surface area contributed by atoms with E-state index in [0.717, 1.165) is 21.9 Å². The maximum absolute atomic E-state index is 8.94. The third-order valence-electron chi connectivity index (χ3n) is 2.43. The predicted octanol–water partition coefficient (Wildman–Crippen LogP) is 3.48. The van der Waals surface area contributed by atoms with Crippen LogP contribution in [0.15, 0.2) is 39.3 Å². The van der Waals surface area contributed by atoms with E-state index in [1.165, 1.54) is 0 Å². The van der Waals surface area contributed by atoms with E-state index in [0.29, 0.717) is 0 Å². The molecule has 0 fully saturated rings. The fourth-order valence-corrected chi connectivity index (χ4v) is 2.71. The Morgan fingerprint density at radius 2 is 2.10 bits per heavy atom. The second-order valence-corrected chi connectivity index (χ2v) is 7.53. The summed E-state index contributed by atoms with van der Waals surface area (Å²) >= 11 is 1.73. The summed E-state index contributed by atoms with van der Waals surface area (Å²) in [6.45, 7) is 14.4. The smallest absolute Gasteiger partial charge is 0.151 e. The van der Waals surface area contributed by atoms with Gasteiger partial charge < -0.3 is 9.84 Å². The number of hydrogen-bond donors (Lipinski definition) is 1. The lowest BCUT2D eigenvalue weighted by Gasteiger charge is -2.28. The molecule has 20 heavy (non-hydrogen) atoms. The van der Waals surface area contributed by atoms with E-state index in [9.17, 15) is 0 Å². The minimum Gasteiger partial charge on any atom is -0.488 e. The molecule has 0 radical (unpaired) electrons. The van der Waals surface area contributed by atoms with E-state index >= 15 is 0 Å². The van der Waals surface area contributed by atoms with Crippen molar-refractivity contribution in [2.75, 3.05) is 13.2 Å². The van der Waals surface area contributed by atoms with E-state index < -0.39 is 0 Å². The zero-order valence-corrected chi connectivity index (χ0v) is 13.8. The summed E-state index contributed by atoms with van der Waals surface area (Å²) in [7, 11) is 0. The van der Waals surface area contributed by atoms with Gasteiger partial charge in [0.2, 0.25) is 0 Å². The lowest BCUT2D eigenvalue weighted by Crippen LogP contribution is -2.18. The van der Waals surface area contributed by atoms with E-state index in [1.807, 2.05) is 20.0 Å². The Labute approximate surface area is 125 Å². The summed E-state index contributed by atoms with van der Waals surface area (Å²) < 4.78 is 5.69. The summed E-state index contributed by atoms with van der Waals surface area (Å²) in [5.74, 6) is 0.719. The molecule has 0 amide bonds. The van der Waals surface area contributed by atoms with Crippen molar-refractivity contribution in [3.63, 3.8) is 0 Å². The Morgan fingerprint density at radius 3 is 2.55 bits per heavy atom. The van der Waals surface area contributed by atoms with Crippen LogP contribution in [0.2, 0.25) is 0 Å².